The van der Waals surface area contributed by atoms with Crippen molar-refractivity contribution in [3.05, 3.63) is 64.7 Å². The van der Waals surface area contributed by atoms with E-state index >= 15 is 0 Å². The summed E-state index contributed by atoms with van der Waals surface area (Å²) in [5.74, 6) is 1.07. The van der Waals surface area contributed by atoms with Crippen molar-refractivity contribution in [2.75, 3.05) is 66.5 Å². The van der Waals surface area contributed by atoms with E-state index in [-0.39, 0.29) is 5.91 Å². The Bertz CT molecular complexity index is 1060. The number of likely N-dealkylation sites (N-methyl/N-ethyl adjacent to an activating group) is 1. The van der Waals surface area contributed by atoms with Crippen molar-refractivity contribution in [3.63, 3.8) is 0 Å². The fourth-order valence-electron chi connectivity index (χ4n) is 5.90. The summed E-state index contributed by atoms with van der Waals surface area (Å²) in [6.45, 7) is 8.54. The zero-order chi connectivity index (χ0) is 26.3. The molecular weight excluding hydrogens is 472 g/mol. The Hall–Kier alpha value is -2.41. The van der Waals surface area contributed by atoms with Crippen molar-refractivity contribution in [2.24, 2.45) is 0 Å². The number of piperazine rings is 1. The summed E-state index contributed by atoms with van der Waals surface area (Å²) in [5.41, 5.74) is 4.58. The molecular formula is C32H46N4O2. The van der Waals surface area contributed by atoms with E-state index < -0.39 is 0 Å². The van der Waals surface area contributed by atoms with Gasteiger partial charge in [-0.05, 0) is 87.6 Å². The number of benzene rings is 2. The van der Waals surface area contributed by atoms with Crippen LogP contribution in [-0.4, -0.2) is 98.1 Å². The van der Waals surface area contributed by atoms with Gasteiger partial charge in [-0.2, -0.15) is 0 Å². The Morgan fingerprint density at radius 1 is 0.921 bits per heavy atom. The predicted molar refractivity (Wildman–Crippen MR) is 154 cm³/mol. The van der Waals surface area contributed by atoms with Crippen LogP contribution in [0.5, 0.6) is 5.75 Å². The zero-order valence-electron chi connectivity index (χ0n) is 23.5. The quantitative estimate of drug-likeness (QED) is 0.582. The van der Waals surface area contributed by atoms with Crippen LogP contribution in [-0.2, 0) is 13.0 Å². The molecule has 5 rings (SSSR count). The molecule has 1 saturated heterocycles. The number of nitrogens with zero attached hydrogens (tertiary/aromatic N) is 4. The Balaban J connectivity index is 1.30. The van der Waals surface area contributed by atoms with Crippen LogP contribution in [0.15, 0.2) is 42.5 Å². The van der Waals surface area contributed by atoms with Crippen LogP contribution < -0.4 is 4.74 Å². The van der Waals surface area contributed by atoms with Gasteiger partial charge in [0.15, 0.2) is 0 Å². The summed E-state index contributed by atoms with van der Waals surface area (Å²) in [6, 6.07) is 15.9. The molecule has 0 N–H and O–H groups in total. The Labute approximate surface area is 229 Å². The molecule has 1 saturated carbocycles. The van der Waals surface area contributed by atoms with Crippen LogP contribution in [0.1, 0.15) is 65.6 Å². The molecule has 1 aliphatic carbocycles. The Morgan fingerprint density at radius 3 is 2.50 bits per heavy atom. The monoisotopic (exact) mass is 518 g/mol. The summed E-state index contributed by atoms with van der Waals surface area (Å²) >= 11 is 0. The minimum atomic E-state index is 0.143. The molecule has 2 aromatic carbocycles. The minimum Gasteiger partial charge on any atom is -0.493 e. The highest BCUT2D eigenvalue weighted by Crippen LogP contribution is 2.29. The summed E-state index contributed by atoms with van der Waals surface area (Å²) in [5, 5.41) is 0. The summed E-state index contributed by atoms with van der Waals surface area (Å²) < 4.78 is 6.30. The number of carbonyl (C=O) groups excluding carboxylic acids is 1. The molecule has 2 bridgehead atoms. The first kappa shape index (κ1) is 27.2. The average molecular weight is 519 g/mol. The highest BCUT2D eigenvalue weighted by atomic mass is 16.5. The highest BCUT2D eigenvalue weighted by Gasteiger charge is 2.25. The maximum absolute atomic E-state index is 13.5. The molecule has 0 unspecified atom stereocenters. The van der Waals surface area contributed by atoms with E-state index in [4.69, 9.17) is 4.74 Å². The van der Waals surface area contributed by atoms with Crippen molar-refractivity contribution in [3.8, 4) is 5.75 Å². The zero-order valence-corrected chi connectivity index (χ0v) is 23.5. The molecule has 3 aliphatic rings. The molecule has 6 nitrogen and oxygen atoms in total. The highest BCUT2D eigenvalue weighted by molar-refractivity contribution is 5.94. The number of carbonyl (C=O) groups is 1. The molecule has 2 fully saturated rings. The second kappa shape index (κ2) is 13.1. The van der Waals surface area contributed by atoms with E-state index in [0.29, 0.717) is 0 Å². The maximum atomic E-state index is 13.5. The van der Waals surface area contributed by atoms with Gasteiger partial charge in [-0.25, -0.2) is 0 Å². The van der Waals surface area contributed by atoms with Gasteiger partial charge in [0.1, 0.15) is 5.75 Å². The molecule has 2 heterocycles. The predicted octanol–water partition coefficient (Wildman–Crippen LogP) is 4.51. The second-order valence-corrected chi connectivity index (χ2v) is 11.7. The van der Waals surface area contributed by atoms with Gasteiger partial charge in [0.25, 0.3) is 5.91 Å². The number of fused-ring (bicyclic) bond motifs is 3. The molecule has 2 aromatic rings. The molecule has 2 aliphatic heterocycles. The lowest BCUT2D eigenvalue weighted by molar-refractivity contribution is 0.0629. The first-order chi connectivity index (χ1) is 18.5. The van der Waals surface area contributed by atoms with E-state index in [1.165, 1.54) is 49.8 Å². The van der Waals surface area contributed by atoms with Crippen LogP contribution in [0.3, 0.4) is 0 Å². The van der Waals surface area contributed by atoms with Crippen LogP contribution in [0.2, 0.25) is 0 Å². The minimum absolute atomic E-state index is 0.143. The third-order valence-corrected chi connectivity index (χ3v) is 8.54. The van der Waals surface area contributed by atoms with E-state index in [9.17, 15) is 4.79 Å². The lowest BCUT2D eigenvalue weighted by atomic mass is 9.90. The van der Waals surface area contributed by atoms with Crippen LogP contribution >= 0.6 is 0 Å². The maximum Gasteiger partial charge on any atom is 0.253 e. The number of amides is 1. The fourth-order valence-corrected chi connectivity index (χ4v) is 5.90. The van der Waals surface area contributed by atoms with Gasteiger partial charge in [-0.1, -0.05) is 30.7 Å². The number of rotatable bonds is 5. The molecule has 0 atom stereocenters. The summed E-state index contributed by atoms with van der Waals surface area (Å²) in [4.78, 5) is 22.9. The van der Waals surface area contributed by atoms with Gasteiger partial charge in [0.2, 0.25) is 0 Å². The largest absolute Gasteiger partial charge is 0.493 e. The molecule has 38 heavy (non-hydrogen) atoms. The SMILES string of the molecule is CN(C)CCN1CCN(C(=O)c2ccc3c(c2)Cc2cccc(c2)CN(C2CCC2)CCCCCO3)CC1. The van der Waals surface area contributed by atoms with Gasteiger partial charge >= 0.3 is 0 Å². The smallest absolute Gasteiger partial charge is 0.253 e. The van der Waals surface area contributed by atoms with Gasteiger partial charge in [0.05, 0.1) is 6.61 Å². The van der Waals surface area contributed by atoms with Gasteiger partial charge in [0, 0.05) is 63.8 Å². The standard InChI is InChI=1S/C32H46N4O2/c1-33(2)15-16-34-17-19-35(20-18-34)32(37)28-12-13-31-29(24-28)23-26-8-6-9-27(22-26)25-36(30-10-7-11-30)14-4-3-5-21-38-31/h6,8-9,12-13,22,24,30H,3-5,7,10-11,14-21,23,25H2,1-2H3. The van der Waals surface area contributed by atoms with E-state index in [1.54, 1.807) is 0 Å². The lowest BCUT2D eigenvalue weighted by Gasteiger charge is -2.38. The lowest BCUT2D eigenvalue weighted by Crippen LogP contribution is -2.50. The number of hydrogen-bond acceptors (Lipinski definition) is 5. The first-order valence-corrected chi connectivity index (χ1v) is 14.8. The van der Waals surface area contributed by atoms with Gasteiger partial charge in [-0.3, -0.25) is 14.6 Å². The number of hydrogen-bond donors (Lipinski definition) is 0. The summed E-state index contributed by atoms with van der Waals surface area (Å²) in [7, 11) is 4.22. The molecule has 0 spiro atoms. The van der Waals surface area contributed by atoms with Crippen LogP contribution in [0.4, 0.5) is 0 Å². The Morgan fingerprint density at radius 2 is 1.74 bits per heavy atom. The molecule has 6 heteroatoms. The molecule has 0 radical (unpaired) electrons. The average Bonchev–Trinajstić information content (AvgIpc) is 2.88. The normalized spacial score (nSPS) is 20.3. The molecule has 206 valence electrons. The van der Waals surface area contributed by atoms with E-state index in [1.807, 2.05) is 17.0 Å². The second-order valence-electron chi connectivity index (χ2n) is 11.7. The Kier molecular flexibility index (Phi) is 9.36. The van der Waals surface area contributed by atoms with Crippen molar-refractivity contribution < 1.29 is 9.53 Å². The third kappa shape index (κ3) is 7.16. The first-order valence-electron chi connectivity index (χ1n) is 14.8. The van der Waals surface area contributed by atoms with Crippen molar-refractivity contribution >= 4 is 5.91 Å². The molecule has 0 aromatic heterocycles. The van der Waals surface area contributed by atoms with Gasteiger partial charge < -0.3 is 14.5 Å². The molecule has 1 amide bonds. The van der Waals surface area contributed by atoms with Crippen molar-refractivity contribution in [1.29, 1.82) is 0 Å². The van der Waals surface area contributed by atoms with E-state index in [2.05, 4.69) is 59.1 Å². The van der Waals surface area contributed by atoms with Crippen molar-refractivity contribution in [2.45, 2.75) is 57.5 Å². The topological polar surface area (TPSA) is 39.3 Å². The van der Waals surface area contributed by atoms with Crippen molar-refractivity contribution in [1.82, 2.24) is 19.6 Å². The van der Waals surface area contributed by atoms with Crippen LogP contribution in [0.25, 0.3) is 0 Å². The third-order valence-electron chi connectivity index (χ3n) is 8.54. The van der Waals surface area contributed by atoms with Gasteiger partial charge in [-0.15, -0.1) is 0 Å². The fraction of sp³-hybridized carbons (Fsp3) is 0.594. The van der Waals surface area contributed by atoms with Crippen LogP contribution in [0, 0.1) is 0 Å². The summed E-state index contributed by atoms with van der Waals surface area (Å²) in [6.07, 6.45) is 8.33. The number of ether oxygens (including phenoxy) is 1. The van der Waals surface area contributed by atoms with E-state index in [0.717, 1.165) is 88.2 Å².